The zero-order valence-electron chi connectivity index (χ0n) is 13.7. The quantitative estimate of drug-likeness (QED) is 0.629. The van der Waals surface area contributed by atoms with E-state index in [9.17, 15) is 4.79 Å². The maximum atomic E-state index is 11.9. The van der Waals surface area contributed by atoms with Gasteiger partial charge in [0.25, 0.3) is 0 Å². The Bertz CT molecular complexity index is 730. The van der Waals surface area contributed by atoms with E-state index in [0.717, 1.165) is 11.1 Å². The Morgan fingerprint density at radius 2 is 1.25 bits per heavy atom. The normalized spacial score (nSPS) is 11.1. The molecule has 0 radical (unpaired) electrons. The third-order valence-corrected chi connectivity index (χ3v) is 3.40. The van der Waals surface area contributed by atoms with Crippen molar-refractivity contribution in [3.8, 4) is 11.5 Å². The van der Waals surface area contributed by atoms with Crippen molar-refractivity contribution in [2.45, 2.75) is 0 Å². The molecule has 0 heterocycles. The van der Waals surface area contributed by atoms with E-state index in [1.807, 2.05) is 12.1 Å². The molecule has 2 aromatic rings. The van der Waals surface area contributed by atoms with E-state index in [1.54, 1.807) is 50.6 Å². The minimum atomic E-state index is -0.137. The number of benzene rings is 2. The maximum Gasteiger partial charge on any atom is 0.178 e. The molecule has 0 aromatic heterocycles. The highest BCUT2D eigenvalue weighted by Gasteiger charge is 2.00. The van der Waals surface area contributed by atoms with Gasteiger partial charge in [0, 0.05) is 0 Å². The van der Waals surface area contributed by atoms with Crippen LogP contribution in [0.5, 0.6) is 11.5 Å². The van der Waals surface area contributed by atoms with E-state index in [2.05, 4.69) is 0 Å². The monoisotopic (exact) mass is 324 g/mol. The lowest BCUT2D eigenvalue weighted by atomic mass is 10.1. The zero-order chi connectivity index (χ0) is 17.5. The van der Waals surface area contributed by atoms with Crippen LogP contribution in [0.1, 0.15) is 11.1 Å². The number of nitrogens with two attached hydrogens (primary N) is 2. The molecule has 24 heavy (non-hydrogen) atoms. The number of carbonyl (C=O) groups excluding carboxylic acids is 1. The first kappa shape index (κ1) is 17.1. The summed E-state index contributed by atoms with van der Waals surface area (Å²) in [6.45, 7) is 0. The molecule has 0 bridgehead atoms. The first-order valence-corrected chi connectivity index (χ1v) is 7.30. The summed E-state index contributed by atoms with van der Waals surface area (Å²) in [5, 5.41) is 0. The Kier molecular flexibility index (Phi) is 5.63. The number of rotatable bonds is 6. The molecule has 0 spiro atoms. The van der Waals surface area contributed by atoms with Gasteiger partial charge in [-0.15, -0.1) is 0 Å². The molecule has 0 aliphatic carbocycles. The molecule has 2 rings (SSSR count). The number of hydrogen-bond acceptors (Lipinski definition) is 5. The minimum absolute atomic E-state index is 0.137. The lowest BCUT2D eigenvalue weighted by Gasteiger charge is -2.04. The SMILES string of the molecule is COc1cc(C=CC(=O)C=Cc2ccc(N)c(OC)c2)ccc1N. The van der Waals surface area contributed by atoms with Crippen LogP contribution < -0.4 is 20.9 Å². The summed E-state index contributed by atoms with van der Waals surface area (Å²) in [5.74, 6) is 1.02. The molecule has 0 aliphatic heterocycles. The van der Waals surface area contributed by atoms with Crippen LogP contribution in [0, 0.1) is 0 Å². The van der Waals surface area contributed by atoms with Crippen molar-refractivity contribution in [2.75, 3.05) is 25.7 Å². The Morgan fingerprint density at radius 3 is 1.62 bits per heavy atom. The Balaban J connectivity index is 2.07. The van der Waals surface area contributed by atoms with Crippen LogP contribution in [0.2, 0.25) is 0 Å². The third-order valence-electron chi connectivity index (χ3n) is 3.40. The van der Waals surface area contributed by atoms with Gasteiger partial charge in [0.2, 0.25) is 0 Å². The molecule has 0 amide bonds. The Labute approximate surface area is 141 Å². The number of hydrogen-bond donors (Lipinski definition) is 2. The largest absolute Gasteiger partial charge is 0.495 e. The van der Waals surface area contributed by atoms with Crippen molar-refractivity contribution in [2.24, 2.45) is 0 Å². The van der Waals surface area contributed by atoms with Crippen LogP contribution in [0.3, 0.4) is 0 Å². The molecule has 0 atom stereocenters. The van der Waals surface area contributed by atoms with E-state index in [1.165, 1.54) is 12.2 Å². The lowest BCUT2D eigenvalue weighted by Crippen LogP contribution is -1.93. The summed E-state index contributed by atoms with van der Waals surface area (Å²) < 4.78 is 10.3. The molecule has 0 saturated heterocycles. The summed E-state index contributed by atoms with van der Waals surface area (Å²) in [7, 11) is 3.10. The topological polar surface area (TPSA) is 87.6 Å². The van der Waals surface area contributed by atoms with E-state index >= 15 is 0 Å². The van der Waals surface area contributed by atoms with Gasteiger partial charge in [0.15, 0.2) is 5.78 Å². The van der Waals surface area contributed by atoms with Crippen molar-refractivity contribution < 1.29 is 14.3 Å². The van der Waals surface area contributed by atoms with Crippen molar-refractivity contribution in [3.05, 3.63) is 59.7 Å². The first-order valence-electron chi connectivity index (χ1n) is 7.30. The van der Waals surface area contributed by atoms with Crippen molar-refractivity contribution in [1.29, 1.82) is 0 Å². The molecule has 0 aliphatic rings. The molecule has 5 nitrogen and oxygen atoms in total. The molecule has 0 fully saturated rings. The van der Waals surface area contributed by atoms with Crippen molar-refractivity contribution >= 4 is 29.3 Å². The highest BCUT2D eigenvalue weighted by Crippen LogP contribution is 2.23. The van der Waals surface area contributed by atoms with Gasteiger partial charge >= 0.3 is 0 Å². The third kappa shape index (κ3) is 4.39. The van der Waals surface area contributed by atoms with Crippen LogP contribution in [0.15, 0.2) is 48.6 Å². The van der Waals surface area contributed by atoms with Gasteiger partial charge in [-0.2, -0.15) is 0 Å². The van der Waals surface area contributed by atoms with Gasteiger partial charge in [-0.05, 0) is 47.5 Å². The lowest BCUT2D eigenvalue weighted by molar-refractivity contribution is -0.110. The highest BCUT2D eigenvalue weighted by molar-refractivity contribution is 6.04. The molecule has 2 aromatic carbocycles. The molecule has 5 heteroatoms. The van der Waals surface area contributed by atoms with Gasteiger partial charge in [-0.1, -0.05) is 24.3 Å². The van der Waals surface area contributed by atoms with Crippen molar-refractivity contribution in [3.63, 3.8) is 0 Å². The number of anilines is 2. The van der Waals surface area contributed by atoms with E-state index in [0.29, 0.717) is 22.9 Å². The summed E-state index contributed by atoms with van der Waals surface area (Å²) in [4.78, 5) is 11.9. The average Bonchev–Trinajstić information content (AvgIpc) is 2.60. The highest BCUT2D eigenvalue weighted by atomic mass is 16.5. The maximum absolute atomic E-state index is 11.9. The number of ketones is 1. The summed E-state index contributed by atoms with van der Waals surface area (Å²) in [5.41, 5.74) is 14.3. The average molecular weight is 324 g/mol. The Hall–Kier alpha value is -3.21. The second-order valence-corrected chi connectivity index (χ2v) is 5.07. The molecular formula is C19H20N2O3. The van der Waals surface area contributed by atoms with Gasteiger partial charge < -0.3 is 20.9 Å². The number of ether oxygens (including phenoxy) is 2. The smallest absolute Gasteiger partial charge is 0.178 e. The number of methoxy groups -OCH3 is 2. The predicted molar refractivity (Wildman–Crippen MR) is 97.9 cm³/mol. The molecular weight excluding hydrogens is 304 g/mol. The van der Waals surface area contributed by atoms with Gasteiger partial charge in [-0.3, -0.25) is 4.79 Å². The zero-order valence-corrected chi connectivity index (χ0v) is 13.7. The van der Waals surface area contributed by atoms with E-state index < -0.39 is 0 Å². The fourth-order valence-corrected chi connectivity index (χ4v) is 2.08. The molecule has 0 saturated carbocycles. The van der Waals surface area contributed by atoms with E-state index in [4.69, 9.17) is 20.9 Å². The number of carbonyl (C=O) groups is 1. The predicted octanol–water partition coefficient (Wildman–Crippen LogP) is 3.16. The summed E-state index contributed by atoms with van der Waals surface area (Å²) in [6, 6.07) is 10.6. The van der Waals surface area contributed by atoms with Crippen LogP contribution in [0.25, 0.3) is 12.2 Å². The molecule has 4 N–H and O–H groups in total. The van der Waals surface area contributed by atoms with Crippen LogP contribution in [-0.2, 0) is 4.79 Å². The van der Waals surface area contributed by atoms with Crippen LogP contribution >= 0.6 is 0 Å². The van der Waals surface area contributed by atoms with Gasteiger partial charge in [-0.25, -0.2) is 0 Å². The Morgan fingerprint density at radius 1 is 0.833 bits per heavy atom. The second kappa shape index (κ2) is 7.87. The standard InChI is InChI=1S/C19H20N2O3/c1-23-18-11-13(5-9-16(18)20)3-7-15(22)8-4-14-6-10-17(21)19(12-14)24-2/h3-12H,20-21H2,1-2H3. The minimum Gasteiger partial charge on any atom is -0.495 e. The van der Waals surface area contributed by atoms with Gasteiger partial charge in [0.05, 0.1) is 25.6 Å². The molecule has 0 unspecified atom stereocenters. The fraction of sp³-hybridized carbons (Fsp3) is 0.105. The molecule has 124 valence electrons. The van der Waals surface area contributed by atoms with Crippen LogP contribution in [-0.4, -0.2) is 20.0 Å². The van der Waals surface area contributed by atoms with Crippen molar-refractivity contribution in [1.82, 2.24) is 0 Å². The summed E-state index contributed by atoms with van der Waals surface area (Å²) in [6.07, 6.45) is 6.38. The summed E-state index contributed by atoms with van der Waals surface area (Å²) >= 11 is 0. The first-order chi connectivity index (χ1) is 11.5. The number of nitrogen functional groups attached to an aromatic ring is 2. The second-order valence-electron chi connectivity index (χ2n) is 5.07. The van der Waals surface area contributed by atoms with Crippen LogP contribution in [0.4, 0.5) is 11.4 Å². The fourth-order valence-electron chi connectivity index (χ4n) is 2.08. The number of allylic oxidation sites excluding steroid dienone is 2. The van der Waals surface area contributed by atoms with Gasteiger partial charge in [0.1, 0.15) is 11.5 Å². The van der Waals surface area contributed by atoms with E-state index in [-0.39, 0.29) is 5.78 Å².